The Bertz CT molecular complexity index is 754. The molecule has 0 saturated carbocycles. The average Bonchev–Trinajstić information content (AvgIpc) is 2.70. The number of benzene rings is 2. The van der Waals surface area contributed by atoms with Crippen molar-refractivity contribution < 1.29 is 14.3 Å². The van der Waals surface area contributed by atoms with Gasteiger partial charge in [0.1, 0.15) is 12.3 Å². The molecule has 1 aliphatic heterocycles. The molecule has 27 heavy (non-hydrogen) atoms. The minimum absolute atomic E-state index is 0.0266. The number of methoxy groups -OCH3 is 2. The summed E-state index contributed by atoms with van der Waals surface area (Å²) in [6, 6.07) is 15.5. The number of hydrazine groups is 1. The third-order valence-electron chi connectivity index (χ3n) is 4.50. The second kappa shape index (κ2) is 9.36. The van der Waals surface area contributed by atoms with E-state index in [0.29, 0.717) is 24.5 Å². The molecule has 0 spiro atoms. The van der Waals surface area contributed by atoms with Crippen molar-refractivity contribution in [3.8, 4) is 11.5 Å². The molecule has 0 aliphatic carbocycles. The van der Waals surface area contributed by atoms with Crippen molar-refractivity contribution in [2.24, 2.45) is 0 Å². The molecule has 7 heteroatoms. The summed E-state index contributed by atoms with van der Waals surface area (Å²) >= 11 is 0. The van der Waals surface area contributed by atoms with Gasteiger partial charge in [0.05, 0.1) is 14.2 Å². The molecule has 2 atom stereocenters. The molecule has 1 fully saturated rings. The van der Waals surface area contributed by atoms with Crippen molar-refractivity contribution in [2.45, 2.75) is 25.2 Å². The Labute approximate surface area is 159 Å². The molecule has 0 bridgehead atoms. The van der Waals surface area contributed by atoms with E-state index in [4.69, 9.17) is 9.47 Å². The van der Waals surface area contributed by atoms with Crippen LogP contribution in [0.25, 0.3) is 0 Å². The Kier molecular flexibility index (Phi) is 6.64. The third kappa shape index (κ3) is 5.19. The van der Waals surface area contributed by atoms with Crippen LogP contribution in [-0.2, 0) is 17.6 Å². The van der Waals surface area contributed by atoms with E-state index in [1.807, 2.05) is 48.5 Å². The van der Waals surface area contributed by atoms with Crippen molar-refractivity contribution in [3.63, 3.8) is 0 Å². The van der Waals surface area contributed by atoms with E-state index >= 15 is 0 Å². The van der Waals surface area contributed by atoms with Gasteiger partial charge in [-0.15, -0.1) is 0 Å². The first kappa shape index (κ1) is 19.2. The highest BCUT2D eigenvalue weighted by atomic mass is 16.5. The van der Waals surface area contributed by atoms with E-state index in [9.17, 15) is 4.79 Å². The number of rotatable bonds is 8. The summed E-state index contributed by atoms with van der Waals surface area (Å²) in [5.41, 5.74) is 8.44. The fourth-order valence-electron chi connectivity index (χ4n) is 3.02. The number of amides is 1. The van der Waals surface area contributed by atoms with Crippen LogP contribution in [0.4, 0.5) is 0 Å². The lowest BCUT2D eigenvalue weighted by Gasteiger charge is -2.32. The fourth-order valence-corrected chi connectivity index (χ4v) is 3.02. The van der Waals surface area contributed by atoms with E-state index in [2.05, 4.69) is 21.5 Å². The van der Waals surface area contributed by atoms with Crippen LogP contribution in [0.5, 0.6) is 11.5 Å². The summed E-state index contributed by atoms with van der Waals surface area (Å²) in [6.45, 7) is 0.693. The molecule has 1 amide bonds. The second-order valence-electron chi connectivity index (χ2n) is 6.37. The summed E-state index contributed by atoms with van der Waals surface area (Å²) in [4.78, 5) is 12.3. The zero-order valence-corrected chi connectivity index (χ0v) is 15.6. The van der Waals surface area contributed by atoms with Crippen molar-refractivity contribution in [3.05, 3.63) is 59.7 Å². The van der Waals surface area contributed by atoms with Crippen molar-refractivity contribution in [1.29, 1.82) is 0 Å². The summed E-state index contributed by atoms with van der Waals surface area (Å²) in [6.07, 6.45) is 1.12. The minimum atomic E-state index is -0.315. The number of carbonyl (C=O) groups is 1. The van der Waals surface area contributed by atoms with Crippen LogP contribution in [0.2, 0.25) is 0 Å². The minimum Gasteiger partial charge on any atom is -0.493 e. The molecule has 3 rings (SSSR count). The highest BCUT2D eigenvalue weighted by molar-refractivity contribution is 5.82. The SMILES string of the molecule is COc1ccc(CCNC2NNC(Cc3ccccc3)C(=O)N2)cc1OC. The molecule has 1 saturated heterocycles. The van der Waals surface area contributed by atoms with Gasteiger partial charge in [-0.1, -0.05) is 36.4 Å². The highest BCUT2D eigenvalue weighted by Gasteiger charge is 2.26. The van der Waals surface area contributed by atoms with Gasteiger partial charge in [0.15, 0.2) is 11.5 Å². The van der Waals surface area contributed by atoms with Crippen molar-refractivity contribution in [1.82, 2.24) is 21.5 Å². The summed E-state index contributed by atoms with van der Waals surface area (Å²) in [7, 11) is 3.24. The monoisotopic (exact) mass is 370 g/mol. The van der Waals surface area contributed by atoms with Gasteiger partial charge in [-0.3, -0.25) is 10.1 Å². The third-order valence-corrected chi connectivity index (χ3v) is 4.50. The Morgan fingerprint density at radius 1 is 0.963 bits per heavy atom. The Morgan fingerprint density at radius 3 is 2.44 bits per heavy atom. The Balaban J connectivity index is 1.44. The van der Waals surface area contributed by atoms with E-state index < -0.39 is 0 Å². The van der Waals surface area contributed by atoms with Gasteiger partial charge in [0, 0.05) is 6.54 Å². The van der Waals surface area contributed by atoms with Crippen LogP contribution >= 0.6 is 0 Å². The molecule has 2 aromatic carbocycles. The van der Waals surface area contributed by atoms with Crippen LogP contribution in [0.3, 0.4) is 0 Å². The Morgan fingerprint density at radius 2 is 1.74 bits per heavy atom. The van der Waals surface area contributed by atoms with Crippen LogP contribution in [0.1, 0.15) is 11.1 Å². The van der Waals surface area contributed by atoms with Gasteiger partial charge in [0.2, 0.25) is 5.91 Å². The molecule has 2 aromatic rings. The maximum Gasteiger partial charge on any atom is 0.241 e. The highest BCUT2D eigenvalue weighted by Crippen LogP contribution is 2.27. The first-order valence-electron chi connectivity index (χ1n) is 8.99. The number of hydrogen-bond donors (Lipinski definition) is 4. The van der Waals surface area contributed by atoms with Gasteiger partial charge in [-0.05, 0) is 36.1 Å². The normalized spacial score (nSPS) is 19.4. The molecule has 0 radical (unpaired) electrons. The Hall–Kier alpha value is -2.61. The molecular weight excluding hydrogens is 344 g/mol. The summed E-state index contributed by atoms with van der Waals surface area (Å²) in [5, 5.41) is 6.22. The number of ether oxygens (including phenoxy) is 2. The van der Waals surface area contributed by atoms with Gasteiger partial charge in [-0.2, -0.15) is 0 Å². The van der Waals surface area contributed by atoms with E-state index in [-0.39, 0.29) is 18.2 Å². The molecule has 7 nitrogen and oxygen atoms in total. The maximum atomic E-state index is 12.3. The van der Waals surface area contributed by atoms with Gasteiger partial charge in [-0.25, -0.2) is 10.9 Å². The zero-order chi connectivity index (χ0) is 19.1. The van der Waals surface area contributed by atoms with E-state index in [0.717, 1.165) is 17.5 Å². The lowest BCUT2D eigenvalue weighted by molar-refractivity contribution is -0.127. The van der Waals surface area contributed by atoms with Crippen molar-refractivity contribution in [2.75, 3.05) is 20.8 Å². The summed E-state index contributed by atoms with van der Waals surface area (Å²) in [5.74, 6) is 1.40. The standard InChI is InChI=1S/C20H26N4O3/c1-26-17-9-8-15(13-18(17)27-2)10-11-21-20-22-19(25)16(23-24-20)12-14-6-4-3-5-7-14/h3-9,13,16,20-21,23-24H,10-12H2,1-2H3,(H,22,25). The van der Waals surface area contributed by atoms with Gasteiger partial charge in [0.25, 0.3) is 0 Å². The number of hydrogen-bond acceptors (Lipinski definition) is 6. The number of carbonyl (C=O) groups excluding carboxylic acids is 1. The van der Waals surface area contributed by atoms with Crippen molar-refractivity contribution >= 4 is 5.91 Å². The van der Waals surface area contributed by atoms with Gasteiger partial charge < -0.3 is 14.8 Å². The molecule has 1 heterocycles. The molecule has 0 aromatic heterocycles. The van der Waals surface area contributed by atoms with E-state index in [1.54, 1.807) is 14.2 Å². The molecule has 4 N–H and O–H groups in total. The maximum absolute atomic E-state index is 12.3. The second-order valence-corrected chi connectivity index (χ2v) is 6.37. The topological polar surface area (TPSA) is 83.7 Å². The van der Waals surface area contributed by atoms with Crippen LogP contribution in [-0.4, -0.2) is 39.0 Å². The largest absolute Gasteiger partial charge is 0.493 e. The lowest BCUT2D eigenvalue weighted by Crippen LogP contribution is -2.70. The summed E-state index contributed by atoms with van der Waals surface area (Å²) < 4.78 is 10.6. The van der Waals surface area contributed by atoms with E-state index in [1.165, 1.54) is 0 Å². The predicted molar refractivity (Wildman–Crippen MR) is 103 cm³/mol. The molecule has 1 aliphatic rings. The lowest BCUT2D eigenvalue weighted by atomic mass is 10.1. The van der Waals surface area contributed by atoms with Crippen LogP contribution < -0.4 is 31.0 Å². The smallest absolute Gasteiger partial charge is 0.241 e. The number of nitrogens with one attached hydrogen (secondary N) is 4. The molecule has 144 valence electrons. The molecular formula is C20H26N4O3. The first-order chi connectivity index (χ1) is 13.2. The fraction of sp³-hybridized carbons (Fsp3) is 0.350. The average molecular weight is 370 g/mol. The van der Waals surface area contributed by atoms with Crippen LogP contribution in [0, 0.1) is 0 Å². The quantitative estimate of drug-likeness (QED) is 0.554. The first-order valence-corrected chi connectivity index (χ1v) is 8.99. The zero-order valence-electron chi connectivity index (χ0n) is 15.6. The predicted octanol–water partition coefficient (Wildman–Crippen LogP) is 0.955. The van der Waals surface area contributed by atoms with Gasteiger partial charge >= 0.3 is 0 Å². The van der Waals surface area contributed by atoms with Crippen LogP contribution in [0.15, 0.2) is 48.5 Å². The molecule has 2 unspecified atom stereocenters.